The molecular weight excluding hydrogens is 238 g/mol. The van der Waals surface area contributed by atoms with Gasteiger partial charge in [-0.1, -0.05) is 37.3 Å². The number of carbonyl (C=O) groups is 1. The van der Waals surface area contributed by atoms with Gasteiger partial charge >= 0.3 is 6.03 Å². The van der Waals surface area contributed by atoms with Crippen LogP contribution in [-0.2, 0) is 6.42 Å². The lowest BCUT2D eigenvalue weighted by Crippen LogP contribution is -2.20. The van der Waals surface area contributed by atoms with Gasteiger partial charge in [-0.15, -0.1) is 0 Å². The molecular formula is C15H17N3O. The number of urea groups is 1. The third-order valence-corrected chi connectivity index (χ3v) is 2.99. The maximum atomic E-state index is 10.8. The van der Waals surface area contributed by atoms with Crippen LogP contribution in [0.2, 0.25) is 0 Å². The molecule has 0 aliphatic carbocycles. The number of benzene rings is 1. The third-order valence-electron chi connectivity index (χ3n) is 2.99. The minimum absolute atomic E-state index is 0.407. The van der Waals surface area contributed by atoms with Gasteiger partial charge in [0.05, 0.1) is 0 Å². The fourth-order valence-electron chi connectivity index (χ4n) is 2.05. The van der Waals surface area contributed by atoms with Crippen molar-refractivity contribution in [2.75, 3.05) is 5.32 Å². The third kappa shape index (κ3) is 3.81. The highest BCUT2D eigenvalue weighted by molar-refractivity contribution is 5.86. The summed E-state index contributed by atoms with van der Waals surface area (Å²) in [5.41, 5.74) is 7.49. The Morgan fingerprint density at radius 3 is 2.74 bits per heavy atom. The largest absolute Gasteiger partial charge is 0.351 e. The molecule has 0 aliphatic heterocycles. The Balaban J connectivity index is 2.08. The molecule has 3 N–H and O–H groups in total. The number of nitrogens with zero attached hydrogens (tertiary/aromatic N) is 1. The van der Waals surface area contributed by atoms with Gasteiger partial charge in [-0.2, -0.15) is 0 Å². The van der Waals surface area contributed by atoms with Crippen LogP contribution in [0, 0.1) is 0 Å². The number of nitrogens with two attached hydrogens (primary N) is 1. The zero-order valence-electron chi connectivity index (χ0n) is 10.8. The van der Waals surface area contributed by atoms with E-state index in [0.717, 1.165) is 12.0 Å². The lowest BCUT2D eigenvalue weighted by atomic mass is 9.94. The van der Waals surface area contributed by atoms with E-state index in [1.807, 2.05) is 30.3 Å². The van der Waals surface area contributed by atoms with Crippen molar-refractivity contribution in [1.29, 1.82) is 0 Å². The van der Waals surface area contributed by atoms with Crippen molar-refractivity contribution in [3.63, 3.8) is 0 Å². The molecule has 0 saturated heterocycles. The van der Waals surface area contributed by atoms with Crippen LogP contribution in [0.4, 0.5) is 10.6 Å². The van der Waals surface area contributed by atoms with Crippen LogP contribution in [0.1, 0.15) is 24.0 Å². The van der Waals surface area contributed by atoms with Gasteiger partial charge in [-0.3, -0.25) is 5.32 Å². The lowest BCUT2D eigenvalue weighted by Gasteiger charge is -2.12. The normalized spacial score (nSPS) is 11.8. The SMILES string of the molecule is CC(Cc1ccnc(NC(N)=O)c1)c1ccccc1. The van der Waals surface area contributed by atoms with Crippen molar-refractivity contribution in [2.45, 2.75) is 19.3 Å². The zero-order chi connectivity index (χ0) is 13.7. The average Bonchev–Trinajstić information content (AvgIpc) is 2.39. The van der Waals surface area contributed by atoms with Crippen LogP contribution >= 0.6 is 0 Å². The van der Waals surface area contributed by atoms with Gasteiger partial charge in [0.25, 0.3) is 0 Å². The van der Waals surface area contributed by atoms with Crippen molar-refractivity contribution < 1.29 is 4.79 Å². The van der Waals surface area contributed by atoms with Crippen LogP contribution in [-0.4, -0.2) is 11.0 Å². The fraction of sp³-hybridized carbons (Fsp3) is 0.200. The number of anilines is 1. The fourth-order valence-corrected chi connectivity index (χ4v) is 2.05. The number of rotatable bonds is 4. The zero-order valence-corrected chi connectivity index (χ0v) is 10.8. The molecule has 98 valence electrons. The van der Waals surface area contributed by atoms with Gasteiger partial charge in [-0.25, -0.2) is 9.78 Å². The van der Waals surface area contributed by atoms with E-state index in [1.54, 1.807) is 6.20 Å². The molecule has 1 atom stereocenters. The van der Waals surface area contributed by atoms with E-state index in [1.165, 1.54) is 5.56 Å². The Morgan fingerprint density at radius 2 is 2.05 bits per heavy atom. The van der Waals surface area contributed by atoms with Gasteiger partial charge in [0.2, 0.25) is 0 Å². The molecule has 0 fully saturated rings. The second kappa shape index (κ2) is 6.00. The van der Waals surface area contributed by atoms with Crippen LogP contribution < -0.4 is 11.1 Å². The van der Waals surface area contributed by atoms with Gasteiger partial charge in [0.1, 0.15) is 5.82 Å². The van der Waals surface area contributed by atoms with Crippen molar-refractivity contribution in [3.05, 3.63) is 59.8 Å². The Hall–Kier alpha value is -2.36. The predicted octanol–water partition coefficient (Wildman–Crippen LogP) is 2.92. The Kier molecular flexibility index (Phi) is 4.13. The van der Waals surface area contributed by atoms with E-state index in [9.17, 15) is 4.79 Å². The Bertz CT molecular complexity index is 554. The summed E-state index contributed by atoms with van der Waals surface area (Å²) in [5, 5.41) is 2.49. The second-order valence-corrected chi connectivity index (χ2v) is 4.55. The highest BCUT2D eigenvalue weighted by atomic mass is 16.2. The van der Waals surface area contributed by atoms with Crippen LogP contribution in [0.25, 0.3) is 0 Å². The van der Waals surface area contributed by atoms with Crippen LogP contribution in [0.5, 0.6) is 0 Å². The quantitative estimate of drug-likeness (QED) is 0.882. The van der Waals surface area contributed by atoms with E-state index in [4.69, 9.17) is 5.73 Å². The van der Waals surface area contributed by atoms with Gasteiger partial charge in [0, 0.05) is 6.20 Å². The number of aromatic nitrogens is 1. The molecule has 1 aromatic heterocycles. The summed E-state index contributed by atoms with van der Waals surface area (Å²) in [4.78, 5) is 14.8. The summed E-state index contributed by atoms with van der Waals surface area (Å²) < 4.78 is 0. The summed E-state index contributed by atoms with van der Waals surface area (Å²) in [6, 6.07) is 13.5. The molecule has 19 heavy (non-hydrogen) atoms. The lowest BCUT2D eigenvalue weighted by molar-refractivity contribution is 0.259. The minimum Gasteiger partial charge on any atom is -0.351 e. The number of hydrogen-bond acceptors (Lipinski definition) is 2. The molecule has 0 saturated carbocycles. The maximum Gasteiger partial charge on any atom is 0.317 e. The van der Waals surface area contributed by atoms with Crippen molar-refractivity contribution in [2.24, 2.45) is 5.73 Å². The molecule has 2 aromatic rings. The highest BCUT2D eigenvalue weighted by Crippen LogP contribution is 2.20. The first kappa shape index (κ1) is 13.1. The van der Waals surface area contributed by atoms with Gasteiger partial charge in [-0.05, 0) is 35.6 Å². The van der Waals surface area contributed by atoms with E-state index >= 15 is 0 Å². The highest BCUT2D eigenvalue weighted by Gasteiger charge is 2.07. The number of carbonyl (C=O) groups excluding carboxylic acids is 1. The molecule has 0 bridgehead atoms. The van der Waals surface area contributed by atoms with E-state index < -0.39 is 6.03 Å². The van der Waals surface area contributed by atoms with Crippen LogP contribution in [0.15, 0.2) is 48.7 Å². The number of hydrogen-bond donors (Lipinski definition) is 2. The molecule has 2 rings (SSSR count). The summed E-state index contributed by atoms with van der Waals surface area (Å²) in [7, 11) is 0. The van der Waals surface area contributed by atoms with Crippen LogP contribution in [0.3, 0.4) is 0 Å². The maximum absolute atomic E-state index is 10.8. The summed E-state index contributed by atoms with van der Waals surface area (Å²) in [5.74, 6) is 0.898. The van der Waals surface area contributed by atoms with Crippen molar-refractivity contribution in [3.8, 4) is 0 Å². The number of nitrogens with one attached hydrogen (secondary N) is 1. The van der Waals surface area contributed by atoms with Crippen molar-refractivity contribution in [1.82, 2.24) is 4.98 Å². The molecule has 4 nitrogen and oxygen atoms in total. The van der Waals surface area contributed by atoms with Gasteiger partial charge < -0.3 is 5.73 Å². The molecule has 1 aromatic carbocycles. The van der Waals surface area contributed by atoms with Crippen molar-refractivity contribution >= 4 is 11.8 Å². The summed E-state index contributed by atoms with van der Waals surface area (Å²) in [6.45, 7) is 2.18. The first-order chi connectivity index (χ1) is 9.15. The molecule has 0 radical (unpaired) electrons. The molecule has 0 aliphatic rings. The minimum atomic E-state index is -0.597. The Morgan fingerprint density at radius 1 is 1.32 bits per heavy atom. The first-order valence-electron chi connectivity index (χ1n) is 6.21. The molecule has 0 spiro atoms. The standard InChI is InChI=1S/C15H17N3O/c1-11(13-5-3-2-4-6-13)9-12-7-8-17-14(10-12)18-15(16)19/h2-8,10-11H,9H2,1H3,(H3,16,17,18,19). The first-order valence-corrected chi connectivity index (χ1v) is 6.21. The van der Waals surface area contributed by atoms with E-state index in [0.29, 0.717) is 11.7 Å². The smallest absolute Gasteiger partial charge is 0.317 e. The summed E-state index contributed by atoms with van der Waals surface area (Å²) >= 11 is 0. The van der Waals surface area contributed by atoms with E-state index in [-0.39, 0.29) is 0 Å². The predicted molar refractivity (Wildman–Crippen MR) is 76.0 cm³/mol. The molecule has 4 heteroatoms. The number of primary amides is 1. The topological polar surface area (TPSA) is 68.0 Å². The molecule has 1 unspecified atom stereocenters. The van der Waals surface area contributed by atoms with E-state index in [2.05, 4.69) is 29.4 Å². The monoisotopic (exact) mass is 255 g/mol. The Labute approximate surface area is 112 Å². The number of pyridine rings is 1. The second-order valence-electron chi connectivity index (χ2n) is 4.55. The number of amides is 2. The summed E-state index contributed by atoms with van der Waals surface area (Å²) in [6.07, 6.45) is 2.57. The molecule has 1 heterocycles. The molecule has 2 amide bonds. The van der Waals surface area contributed by atoms with Gasteiger partial charge in [0.15, 0.2) is 0 Å². The average molecular weight is 255 g/mol.